The maximum atomic E-state index is 6.00. The lowest BCUT2D eigenvalue weighted by atomic mass is 9.77. The van der Waals surface area contributed by atoms with Crippen molar-refractivity contribution in [1.29, 1.82) is 0 Å². The summed E-state index contributed by atoms with van der Waals surface area (Å²) in [6.45, 7) is 0.916. The molecule has 4 heteroatoms. The lowest BCUT2D eigenvalue weighted by Crippen LogP contribution is -2.36. The molecule has 17 heavy (non-hydrogen) atoms. The van der Waals surface area contributed by atoms with E-state index in [-0.39, 0.29) is 5.41 Å². The maximum absolute atomic E-state index is 6.00. The van der Waals surface area contributed by atoms with Crippen LogP contribution in [0, 0.1) is 11.3 Å². The predicted molar refractivity (Wildman–Crippen MR) is 70.2 cm³/mol. The molecular formula is C13H19BrN2O. The average molecular weight is 299 g/mol. The molecule has 2 aliphatic rings. The Morgan fingerprint density at radius 2 is 2.41 bits per heavy atom. The number of rotatable bonds is 4. The summed E-state index contributed by atoms with van der Waals surface area (Å²) in [4.78, 5) is 0. The smallest absolute Gasteiger partial charge is 0.0672 e. The predicted octanol–water partition coefficient (Wildman–Crippen LogP) is 2.54. The molecule has 1 aromatic rings. The molecule has 3 rings (SSSR count). The molecule has 0 radical (unpaired) electrons. The Bertz CT molecular complexity index is 402. The monoisotopic (exact) mass is 298 g/mol. The third-order valence-electron chi connectivity index (χ3n) is 4.12. The van der Waals surface area contributed by atoms with Crippen molar-refractivity contribution >= 4 is 15.9 Å². The molecule has 2 heterocycles. The molecule has 1 saturated carbocycles. The summed E-state index contributed by atoms with van der Waals surface area (Å²) in [6, 6.07) is 2.13. The molecular weight excluding hydrogens is 280 g/mol. The van der Waals surface area contributed by atoms with Gasteiger partial charge in [0.1, 0.15) is 0 Å². The summed E-state index contributed by atoms with van der Waals surface area (Å²) in [5, 5.41) is 5.55. The van der Waals surface area contributed by atoms with E-state index in [0.29, 0.717) is 6.10 Å². The highest BCUT2D eigenvalue weighted by molar-refractivity contribution is 9.09. The minimum Gasteiger partial charge on any atom is -0.377 e. The molecule has 1 aliphatic carbocycles. The van der Waals surface area contributed by atoms with Gasteiger partial charge in [0.05, 0.1) is 11.8 Å². The van der Waals surface area contributed by atoms with E-state index >= 15 is 0 Å². The third kappa shape index (κ3) is 2.17. The molecule has 0 spiro atoms. The highest BCUT2D eigenvalue weighted by Crippen LogP contribution is 2.50. The number of aryl methyl sites for hydroxylation is 1. The van der Waals surface area contributed by atoms with Crippen LogP contribution in [0.3, 0.4) is 0 Å². The van der Waals surface area contributed by atoms with Crippen molar-refractivity contribution in [2.45, 2.75) is 31.8 Å². The van der Waals surface area contributed by atoms with E-state index < -0.39 is 0 Å². The van der Waals surface area contributed by atoms with Crippen molar-refractivity contribution < 1.29 is 4.74 Å². The summed E-state index contributed by atoms with van der Waals surface area (Å²) in [6.07, 6.45) is 7.38. The van der Waals surface area contributed by atoms with Gasteiger partial charge < -0.3 is 4.74 Å². The number of aromatic nitrogens is 2. The number of hydrogen-bond donors (Lipinski definition) is 0. The molecule has 0 N–H and O–H groups in total. The molecule has 3 nitrogen and oxygen atoms in total. The average Bonchev–Trinajstić information content (AvgIpc) is 2.96. The molecule has 1 aliphatic heterocycles. The van der Waals surface area contributed by atoms with Crippen LogP contribution in [0.1, 0.15) is 25.0 Å². The summed E-state index contributed by atoms with van der Waals surface area (Å²) >= 11 is 3.72. The van der Waals surface area contributed by atoms with Gasteiger partial charge in [0.15, 0.2) is 0 Å². The van der Waals surface area contributed by atoms with E-state index in [0.717, 1.165) is 30.7 Å². The summed E-state index contributed by atoms with van der Waals surface area (Å²) in [5.41, 5.74) is 1.47. The Labute approximate surface area is 111 Å². The van der Waals surface area contributed by atoms with Crippen molar-refractivity contribution in [1.82, 2.24) is 9.78 Å². The fourth-order valence-corrected chi connectivity index (χ4v) is 3.84. The Balaban J connectivity index is 1.80. The SMILES string of the molecule is Cn1ccc(CC2(CBr)CCOC2C2CC2)n1. The fourth-order valence-electron chi connectivity index (χ4n) is 3.04. The first-order valence-electron chi connectivity index (χ1n) is 6.40. The molecule has 2 fully saturated rings. The Morgan fingerprint density at radius 3 is 3.00 bits per heavy atom. The van der Waals surface area contributed by atoms with E-state index in [2.05, 4.69) is 27.1 Å². The van der Waals surface area contributed by atoms with Crippen LogP contribution in [0.25, 0.3) is 0 Å². The number of hydrogen-bond acceptors (Lipinski definition) is 2. The second-order valence-corrected chi connectivity index (χ2v) is 6.09. The summed E-state index contributed by atoms with van der Waals surface area (Å²) in [7, 11) is 1.98. The van der Waals surface area contributed by atoms with Gasteiger partial charge in [-0.3, -0.25) is 4.68 Å². The molecule has 1 aromatic heterocycles. The topological polar surface area (TPSA) is 27.1 Å². The van der Waals surface area contributed by atoms with Crippen LogP contribution >= 0.6 is 15.9 Å². The fraction of sp³-hybridized carbons (Fsp3) is 0.769. The number of alkyl halides is 1. The quantitative estimate of drug-likeness (QED) is 0.799. The van der Waals surface area contributed by atoms with Gasteiger partial charge in [0, 0.05) is 37.0 Å². The van der Waals surface area contributed by atoms with E-state index in [1.165, 1.54) is 18.5 Å². The first kappa shape index (κ1) is 11.7. The van der Waals surface area contributed by atoms with Gasteiger partial charge in [-0.05, 0) is 31.2 Å². The lowest BCUT2D eigenvalue weighted by molar-refractivity contribution is 0.0409. The first-order chi connectivity index (χ1) is 8.23. The molecule has 0 aromatic carbocycles. The minimum atomic E-state index is 0.273. The Kier molecular flexibility index (Phi) is 3.03. The van der Waals surface area contributed by atoms with Crippen molar-refractivity contribution in [3.63, 3.8) is 0 Å². The zero-order chi connectivity index (χ0) is 11.9. The number of ether oxygens (including phenoxy) is 1. The minimum absolute atomic E-state index is 0.273. The van der Waals surface area contributed by atoms with Crippen LogP contribution in [0.4, 0.5) is 0 Å². The third-order valence-corrected chi connectivity index (χ3v) is 5.24. The molecule has 0 bridgehead atoms. The largest absolute Gasteiger partial charge is 0.377 e. The number of halogens is 1. The molecule has 1 saturated heterocycles. The summed E-state index contributed by atoms with van der Waals surface area (Å²) < 4.78 is 7.89. The van der Waals surface area contributed by atoms with Crippen LogP contribution in [0.15, 0.2) is 12.3 Å². The summed E-state index contributed by atoms with van der Waals surface area (Å²) in [5.74, 6) is 0.804. The van der Waals surface area contributed by atoms with Gasteiger partial charge in [-0.1, -0.05) is 15.9 Å². The van der Waals surface area contributed by atoms with E-state index in [1.54, 1.807) is 0 Å². The molecule has 94 valence electrons. The van der Waals surface area contributed by atoms with E-state index in [4.69, 9.17) is 4.74 Å². The van der Waals surface area contributed by atoms with Crippen LogP contribution < -0.4 is 0 Å². The molecule has 0 amide bonds. The molecule has 2 atom stereocenters. The van der Waals surface area contributed by atoms with Crippen LogP contribution in [-0.2, 0) is 18.2 Å². The lowest BCUT2D eigenvalue weighted by Gasteiger charge is -2.32. The van der Waals surface area contributed by atoms with Crippen LogP contribution in [0.2, 0.25) is 0 Å². The van der Waals surface area contributed by atoms with Crippen LogP contribution in [0.5, 0.6) is 0 Å². The van der Waals surface area contributed by atoms with Crippen molar-refractivity contribution in [3.05, 3.63) is 18.0 Å². The normalized spacial score (nSPS) is 33.2. The Hall–Kier alpha value is -0.350. The maximum Gasteiger partial charge on any atom is 0.0672 e. The van der Waals surface area contributed by atoms with Gasteiger partial charge in [-0.15, -0.1) is 0 Å². The Morgan fingerprint density at radius 1 is 1.59 bits per heavy atom. The second kappa shape index (κ2) is 4.39. The second-order valence-electron chi connectivity index (χ2n) is 5.53. The zero-order valence-electron chi connectivity index (χ0n) is 10.2. The van der Waals surface area contributed by atoms with E-state index in [1.807, 2.05) is 17.9 Å². The van der Waals surface area contributed by atoms with Crippen molar-refractivity contribution in [3.8, 4) is 0 Å². The van der Waals surface area contributed by atoms with Crippen molar-refractivity contribution in [2.75, 3.05) is 11.9 Å². The van der Waals surface area contributed by atoms with Gasteiger partial charge in [-0.2, -0.15) is 5.10 Å². The van der Waals surface area contributed by atoms with Gasteiger partial charge in [0.2, 0.25) is 0 Å². The van der Waals surface area contributed by atoms with Crippen molar-refractivity contribution in [2.24, 2.45) is 18.4 Å². The molecule has 2 unspecified atom stereocenters. The first-order valence-corrected chi connectivity index (χ1v) is 7.52. The highest BCUT2D eigenvalue weighted by Gasteiger charge is 2.50. The number of nitrogens with zero attached hydrogens (tertiary/aromatic N) is 2. The van der Waals surface area contributed by atoms with E-state index in [9.17, 15) is 0 Å². The highest BCUT2D eigenvalue weighted by atomic mass is 79.9. The van der Waals surface area contributed by atoms with Gasteiger partial charge in [-0.25, -0.2) is 0 Å². The van der Waals surface area contributed by atoms with Gasteiger partial charge in [0.25, 0.3) is 0 Å². The van der Waals surface area contributed by atoms with Crippen LogP contribution in [-0.4, -0.2) is 27.8 Å². The zero-order valence-corrected chi connectivity index (χ0v) is 11.8. The van der Waals surface area contributed by atoms with Gasteiger partial charge >= 0.3 is 0 Å². The standard InChI is InChI=1S/C13H19BrN2O/c1-16-6-4-11(15-16)8-13(9-14)5-7-17-12(13)10-2-3-10/h4,6,10,12H,2-3,5,7-9H2,1H3.